The lowest BCUT2D eigenvalue weighted by molar-refractivity contribution is -0.0476. The minimum Gasteiger partial charge on any atom is -0.300 e. The summed E-state index contributed by atoms with van der Waals surface area (Å²) in [5, 5.41) is 3.96. The molecule has 0 heterocycles. The summed E-state index contributed by atoms with van der Waals surface area (Å²) in [6.45, 7) is 3.27. The maximum Gasteiger partial charge on any atom is 0.512 e. The first kappa shape index (κ1) is 35.3. The van der Waals surface area contributed by atoms with Gasteiger partial charge < -0.3 is 0 Å². The summed E-state index contributed by atoms with van der Waals surface area (Å²) in [7, 11) is -13.2. The average Bonchev–Trinajstić information content (AvgIpc) is 2.93. The van der Waals surface area contributed by atoms with Gasteiger partial charge in [0.25, 0.3) is 0 Å². The molecule has 0 amide bonds. The first-order valence-corrected chi connectivity index (χ1v) is 15.9. The Morgan fingerprint density at radius 3 is 1.19 bits per heavy atom. The monoisotopic (exact) mass is 638 g/mol. The molecule has 0 fully saturated rings. The van der Waals surface area contributed by atoms with Gasteiger partial charge >= 0.3 is 31.1 Å². The predicted octanol–water partition coefficient (Wildman–Crippen LogP) is 6.81. The second kappa shape index (κ2) is 15.0. The molecule has 232 valence electrons. The van der Waals surface area contributed by atoms with Gasteiger partial charge in [0.15, 0.2) is 0 Å². The molecule has 3 aromatic rings. The molecule has 14 heteroatoms. The van der Waals surface area contributed by atoms with Crippen molar-refractivity contribution in [2.24, 2.45) is 0 Å². The van der Waals surface area contributed by atoms with E-state index in [4.69, 9.17) is 0 Å². The van der Waals surface area contributed by atoms with E-state index in [2.05, 4.69) is 103 Å². The van der Waals surface area contributed by atoms with Crippen LogP contribution in [0.15, 0.2) is 91.0 Å². The van der Waals surface area contributed by atoms with Gasteiger partial charge in [0.1, 0.15) is 0 Å². The third-order valence-electron chi connectivity index (χ3n) is 6.12. The van der Waals surface area contributed by atoms with Crippen LogP contribution in [0.2, 0.25) is 0 Å². The molecule has 0 aliphatic carbocycles. The Morgan fingerprint density at radius 2 is 0.881 bits per heavy atom. The molecule has 0 aliphatic heterocycles. The molecular weight excluding hydrogens is 606 g/mol. The van der Waals surface area contributed by atoms with E-state index in [0.29, 0.717) is 0 Å². The summed E-state index contributed by atoms with van der Waals surface area (Å²) in [6.07, 6.45) is 6.44. The smallest absolute Gasteiger partial charge is 0.300 e. The Kier molecular flexibility index (Phi) is 12.6. The lowest BCUT2D eigenvalue weighted by Gasteiger charge is -2.37. The fraction of sp³-hybridized carbons (Fsp3) is 0.357. The molecule has 3 aromatic carbocycles. The van der Waals surface area contributed by atoms with Crippen LogP contribution >= 0.6 is 0 Å². The number of hydrogen-bond acceptors (Lipinski definition) is 5. The summed E-state index contributed by atoms with van der Waals surface area (Å²) in [5.74, 6) is 0. The first-order valence-electron chi connectivity index (χ1n) is 12.9. The lowest BCUT2D eigenvalue weighted by Crippen LogP contribution is -2.45. The van der Waals surface area contributed by atoms with Crippen LogP contribution in [0.5, 0.6) is 0 Å². The maximum absolute atomic E-state index is 11.5. The normalized spacial score (nSPS) is 12.8. The van der Waals surface area contributed by atoms with Crippen LogP contribution in [0.3, 0.4) is 0 Å². The minimum absolute atomic E-state index is 0.325. The SMILES string of the molecule is CCCCCCCNC(c1ccccc1)(c1ccccc1)c1ccccc1.O=S(=O)(NS(=O)(=O)C(F)(F)F)C(F)(F)F. The molecule has 0 aliphatic rings. The van der Waals surface area contributed by atoms with E-state index in [9.17, 15) is 43.2 Å². The van der Waals surface area contributed by atoms with Crippen LogP contribution in [0.1, 0.15) is 55.7 Å². The van der Waals surface area contributed by atoms with E-state index in [1.807, 2.05) is 0 Å². The molecule has 0 spiro atoms. The zero-order valence-corrected chi connectivity index (χ0v) is 24.3. The fourth-order valence-electron chi connectivity index (χ4n) is 4.11. The summed E-state index contributed by atoms with van der Waals surface area (Å²) in [6, 6.07) is 32.5. The van der Waals surface area contributed by atoms with Crippen LogP contribution in [0.4, 0.5) is 26.3 Å². The number of hydrogen-bond donors (Lipinski definition) is 2. The number of unbranched alkanes of at least 4 members (excludes halogenated alkanes) is 4. The number of alkyl halides is 6. The maximum atomic E-state index is 11.5. The molecular formula is C28H32F6N2O4S2. The van der Waals surface area contributed by atoms with Gasteiger partial charge in [-0.1, -0.05) is 128 Å². The van der Waals surface area contributed by atoms with Crippen molar-refractivity contribution in [3.05, 3.63) is 108 Å². The Labute approximate surface area is 242 Å². The van der Waals surface area contributed by atoms with E-state index in [1.54, 1.807) is 0 Å². The number of benzene rings is 3. The van der Waals surface area contributed by atoms with Gasteiger partial charge in [0, 0.05) is 0 Å². The molecule has 0 radical (unpaired) electrons. The average molecular weight is 639 g/mol. The van der Waals surface area contributed by atoms with Gasteiger partial charge in [0.2, 0.25) is 0 Å². The standard InChI is InChI=1S/C26H31N.C2HF6NO4S2/c1-2-3-4-5-15-22-27-26(23-16-9-6-10-17-23,24-18-11-7-12-19-24)25-20-13-8-14-21-25;3-1(4,5)14(10,11)9-15(12,13)2(6,7)8/h6-14,16-21,27H,2-5,15,22H2,1H3;9H. The summed E-state index contributed by atoms with van der Waals surface area (Å²) < 4.78 is 108. The Hall–Kier alpha value is -2.94. The van der Waals surface area contributed by atoms with Gasteiger partial charge in [-0.2, -0.15) is 26.3 Å². The van der Waals surface area contributed by atoms with E-state index in [0.717, 1.165) is 6.54 Å². The van der Waals surface area contributed by atoms with Crippen molar-refractivity contribution in [3.8, 4) is 0 Å². The second-order valence-electron chi connectivity index (χ2n) is 9.17. The van der Waals surface area contributed by atoms with Gasteiger partial charge in [-0.25, -0.2) is 16.8 Å². The van der Waals surface area contributed by atoms with Crippen molar-refractivity contribution in [1.82, 2.24) is 9.44 Å². The van der Waals surface area contributed by atoms with Crippen molar-refractivity contribution >= 4 is 20.0 Å². The Balaban J connectivity index is 0.000000351. The Morgan fingerprint density at radius 1 is 0.548 bits per heavy atom. The largest absolute Gasteiger partial charge is 0.512 e. The molecule has 42 heavy (non-hydrogen) atoms. The molecule has 0 saturated carbocycles. The van der Waals surface area contributed by atoms with E-state index < -0.39 is 35.2 Å². The summed E-state index contributed by atoms with van der Waals surface area (Å²) >= 11 is 0. The van der Waals surface area contributed by atoms with Crippen LogP contribution in [-0.2, 0) is 25.6 Å². The minimum atomic E-state index is -6.60. The van der Waals surface area contributed by atoms with Crippen molar-refractivity contribution in [1.29, 1.82) is 0 Å². The molecule has 0 unspecified atom stereocenters. The topological polar surface area (TPSA) is 92.3 Å². The molecule has 0 aromatic heterocycles. The zero-order valence-electron chi connectivity index (χ0n) is 22.6. The molecule has 0 saturated heterocycles. The van der Waals surface area contributed by atoms with Gasteiger partial charge in [-0.3, -0.25) is 5.32 Å². The van der Waals surface area contributed by atoms with Gasteiger partial charge in [-0.05, 0) is 29.7 Å². The zero-order chi connectivity index (χ0) is 31.5. The molecule has 3 rings (SSSR count). The second-order valence-corrected chi connectivity index (χ2v) is 12.8. The third-order valence-corrected chi connectivity index (χ3v) is 9.09. The van der Waals surface area contributed by atoms with Crippen LogP contribution < -0.4 is 9.44 Å². The Bertz CT molecular complexity index is 1300. The fourth-order valence-corrected chi connectivity index (χ4v) is 6.03. The number of rotatable bonds is 12. The highest BCUT2D eigenvalue weighted by molar-refractivity contribution is 8.05. The van der Waals surface area contributed by atoms with E-state index >= 15 is 0 Å². The number of halogens is 6. The molecule has 0 atom stereocenters. The highest BCUT2D eigenvalue weighted by atomic mass is 32.3. The highest BCUT2D eigenvalue weighted by Crippen LogP contribution is 2.36. The van der Waals surface area contributed by atoms with Crippen molar-refractivity contribution in [3.63, 3.8) is 0 Å². The molecule has 0 bridgehead atoms. The third kappa shape index (κ3) is 9.28. The van der Waals surface area contributed by atoms with Crippen LogP contribution in [0.25, 0.3) is 0 Å². The molecule has 2 N–H and O–H groups in total. The summed E-state index contributed by atoms with van der Waals surface area (Å²) in [5.41, 5.74) is -8.76. The first-order chi connectivity index (χ1) is 19.6. The van der Waals surface area contributed by atoms with E-state index in [1.165, 1.54) is 48.8 Å². The number of sulfonamides is 2. The van der Waals surface area contributed by atoms with Gasteiger partial charge in [-0.15, -0.1) is 0 Å². The lowest BCUT2D eigenvalue weighted by atomic mass is 9.77. The van der Waals surface area contributed by atoms with Crippen molar-refractivity contribution < 1.29 is 43.2 Å². The van der Waals surface area contributed by atoms with Gasteiger partial charge in [0.05, 0.1) is 5.54 Å². The van der Waals surface area contributed by atoms with Crippen LogP contribution in [-0.4, -0.2) is 34.4 Å². The van der Waals surface area contributed by atoms with E-state index in [-0.39, 0.29) is 5.54 Å². The quantitative estimate of drug-likeness (QED) is 0.129. The molecule has 6 nitrogen and oxygen atoms in total. The van der Waals surface area contributed by atoms with Crippen molar-refractivity contribution in [2.75, 3.05) is 6.54 Å². The number of nitrogens with one attached hydrogen (secondary N) is 2. The predicted molar refractivity (Wildman–Crippen MR) is 149 cm³/mol. The van der Waals surface area contributed by atoms with Crippen molar-refractivity contribution in [2.45, 2.75) is 55.6 Å². The van der Waals surface area contributed by atoms with Crippen LogP contribution in [0, 0.1) is 0 Å². The summed E-state index contributed by atoms with van der Waals surface area (Å²) in [4.78, 5) is 0. The highest BCUT2D eigenvalue weighted by Gasteiger charge is 2.55.